The van der Waals surface area contributed by atoms with Gasteiger partial charge >= 0.3 is 0 Å². The second-order valence-electron chi connectivity index (χ2n) is 4.63. The second-order valence-corrected chi connectivity index (χ2v) is 4.63. The predicted octanol–water partition coefficient (Wildman–Crippen LogP) is 4.24. The average molecular weight is 265 g/mol. The van der Waals surface area contributed by atoms with Gasteiger partial charge in [-0.3, -0.25) is 9.78 Å². The van der Waals surface area contributed by atoms with E-state index in [0.29, 0.717) is 11.1 Å². The number of fused-ring (bicyclic) bond motifs is 1. The highest BCUT2D eigenvalue weighted by molar-refractivity contribution is 6.04. The Kier molecular flexibility index (Phi) is 3.03. The smallest absolute Gasteiger partial charge is 0.160 e. The molecule has 0 fully saturated rings. The van der Waals surface area contributed by atoms with Crippen LogP contribution < -0.4 is 0 Å². The lowest BCUT2D eigenvalue weighted by atomic mass is 9.95. The third kappa shape index (κ3) is 2.07. The van der Waals surface area contributed by atoms with Gasteiger partial charge in [-0.25, -0.2) is 4.39 Å². The molecule has 0 aliphatic heterocycles. The molecule has 0 spiro atoms. The van der Waals surface area contributed by atoms with Crippen LogP contribution in [0.15, 0.2) is 54.7 Å². The van der Waals surface area contributed by atoms with Crippen molar-refractivity contribution in [1.29, 1.82) is 0 Å². The number of ketones is 1. The van der Waals surface area contributed by atoms with Crippen LogP contribution >= 0.6 is 0 Å². The summed E-state index contributed by atoms with van der Waals surface area (Å²) >= 11 is 0. The van der Waals surface area contributed by atoms with Gasteiger partial charge in [0.15, 0.2) is 5.78 Å². The minimum atomic E-state index is -0.363. The highest BCUT2D eigenvalue weighted by Crippen LogP contribution is 2.30. The van der Waals surface area contributed by atoms with Crippen molar-refractivity contribution in [2.24, 2.45) is 0 Å². The largest absolute Gasteiger partial charge is 0.294 e. The number of rotatable bonds is 2. The van der Waals surface area contributed by atoms with E-state index in [0.717, 1.165) is 16.5 Å². The van der Waals surface area contributed by atoms with Crippen molar-refractivity contribution in [1.82, 2.24) is 4.98 Å². The quantitative estimate of drug-likeness (QED) is 0.648. The summed E-state index contributed by atoms with van der Waals surface area (Å²) in [6.45, 7) is 1.48. The Balaban J connectivity index is 2.36. The van der Waals surface area contributed by atoms with Crippen molar-refractivity contribution in [3.8, 4) is 11.1 Å². The molecular formula is C17H12FNO. The van der Waals surface area contributed by atoms with Gasteiger partial charge in [-0.1, -0.05) is 24.3 Å². The van der Waals surface area contributed by atoms with Gasteiger partial charge in [-0.05, 0) is 36.8 Å². The standard InChI is InChI=1S/C17H12FNO/c1-11(20)14-8-7-13(18)10-16(14)15-6-2-4-12-5-3-9-19-17(12)15/h2-10H,1H3. The Morgan fingerprint density at radius 1 is 1.05 bits per heavy atom. The molecule has 3 rings (SSSR count). The first-order valence-electron chi connectivity index (χ1n) is 6.31. The van der Waals surface area contributed by atoms with Crippen molar-refractivity contribution >= 4 is 16.7 Å². The van der Waals surface area contributed by atoms with Crippen molar-refractivity contribution in [3.63, 3.8) is 0 Å². The lowest BCUT2D eigenvalue weighted by Gasteiger charge is -2.10. The highest BCUT2D eigenvalue weighted by Gasteiger charge is 2.13. The predicted molar refractivity (Wildman–Crippen MR) is 77.1 cm³/mol. The van der Waals surface area contributed by atoms with Gasteiger partial charge in [0, 0.05) is 22.7 Å². The molecule has 0 N–H and O–H groups in total. The summed E-state index contributed by atoms with van der Waals surface area (Å²) in [4.78, 5) is 16.1. The minimum absolute atomic E-state index is 0.0899. The Hall–Kier alpha value is -2.55. The normalized spacial score (nSPS) is 10.7. The number of carbonyl (C=O) groups excluding carboxylic acids is 1. The monoisotopic (exact) mass is 265 g/mol. The SMILES string of the molecule is CC(=O)c1ccc(F)cc1-c1cccc2cccnc12. The van der Waals surface area contributed by atoms with E-state index in [2.05, 4.69) is 4.98 Å². The van der Waals surface area contributed by atoms with Crippen LogP contribution in [0, 0.1) is 5.82 Å². The number of nitrogens with zero attached hydrogens (tertiary/aromatic N) is 1. The van der Waals surface area contributed by atoms with E-state index >= 15 is 0 Å². The third-order valence-electron chi connectivity index (χ3n) is 3.28. The molecule has 0 aliphatic carbocycles. The summed E-state index contributed by atoms with van der Waals surface area (Å²) in [7, 11) is 0. The number of benzene rings is 2. The Labute approximate surface area is 115 Å². The van der Waals surface area contributed by atoms with Gasteiger partial charge in [0.1, 0.15) is 5.82 Å². The summed E-state index contributed by atoms with van der Waals surface area (Å²) in [5, 5.41) is 0.962. The summed E-state index contributed by atoms with van der Waals surface area (Å²) in [6, 6.07) is 13.7. The van der Waals surface area contributed by atoms with Crippen LogP contribution in [0.2, 0.25) is 0 Å². The van der Waals surface area contributed by atoms with Crippen LogP contribution in [0.3, 0.4) is 0 Å². The molecule has 20 heavy (non-hydrogen) atoms. The maximum atomic E-state index is 13.6. The van der Waals surface area contributed by atoms with Gasteiger partial charge in [-0.2, -0.15) is 0 Å². The molecule has 0 saturated heterocycles. The molecule has 0 amide bonds. The van der Waals surface area contributed by atoms with E-state index in [1.54, 1.807) is 6.20 Å². The molecule has 98 valence electrons. The molecule has 0 saturated carbocycles. The lowest BCUT2D eigenvalue weighted by Crippen LogP contribution is -1.98. The number of para-hydroxylation sites is 1. The van der Waals surface area contributed by atoms with E-state index in [1.165, 1.54) is 25.1 Å². The second kappa shape index (κ2) is 4.85. The first kappa shape index (κ1) is 12.5. The van der Waals surface area contributed by atoms with Crippen molar-refractivity contribution in [2.45, 2.75) is 6.92 Å². The minimum Gasteiger partial charge on any atom is -0.294 e. The van der Waals surface area contributed by atoms with Gasteiger partial charge in [0.25, 0.3) is 0 Å². The fourth-order valence-electron chi connectivity index (χ4n) is 2.37. The zero-order valence-electron chi connectivity index (χ0n) is 10.9. The number of pyridine rings is 1. The molecule has 0 atom stereocenters. The van der Waals surface area contributed by atoms with Crippen molar-refractivity contribution < 1.29 is 9.18 Å². The number of Topliss-reactive ketones (excluding diaryl/α,β-unsaturated/α-hetero) is 1. The first-order valence-corrected chi connectivity index (χ1v) is 6.31. The summed E-state index contributed by atoms with van der Waals surface area (Å²) in [5.41, 5.74) is 2.63. The molecule has 2 aromatic carbocycles. The van der Waals surface area contributed by atoms with E-state index < -0.39 is 0 Å². The summed E-state index contributed by atoms with van der Waals surface area (Å²) in [5.74, 6) is -0.453. The van der Waals surface area contributed by atoms with Gasteiger partial charge in [0.05, 0.1) is 5.52 Å². The lowest BCUT2D eigenvalue weighted by molar-refractivity contribution is 0.101. The summed E-state index contributed by atoms with van der Waals surface area (Å²) < 4.78 is 13.6. The summed E-state index contributed by atoms with van der Waals surface area (Å²) in [6.07, 6.45) is 1.69. The van der Waals surface area contributed by atoms with E-state index in [9.17, 15) is 9.18 Å². The van der Waals surface area contributed by atoms with Gasteiger partial charge < -0.3 is 0 Å². The number of halogens is 1. The fourth-order valence-corrected chi connectivity index (χ4v) is 2.37. The Morgan fingerprint density at radius 3 is 2.65 bits per heavy atom. The van der Waals surface area contributed by atoms with E-state index in [-0.39, 0.29) is 11.6 Å². The molecule has 0 radical (unpaired) electrons. The van der Waals surface area contributed by atoms with Crippen LogP contribution in [-0.2, 0) is 0 Å². The van der Waals surface area contributed by atoms with Crippen LogP contribution in [0.5, 0.6) is 0 Å². The number of hydrogen-bond acceptors (Lipinski definition) is 2. The Morgan fingerprint density at radius 2 is 1.85 bits per heavy atom. The van der Waals surface area contributed by atoms with Crippen LogP contribution in [0.25, 0.3) is 22.0 Å². The number of aromatic nitrogens is 1. The molecular weight excluding hydrogens is 253 g/mol. The molecule has 0 aliphatic rings. The fraction of sp³-hybridized carbons (Fsp3) is 0.0588. The number of hydrogen-bond donors (Lipinski definition) is 0. The molecule has 3 aromatic rings. The van der Waals surface area contributed by atoms with Crippen LogP contribution in [-0.4, -0.2) is 10.8 Å². The maximum absolute atomic E-state index is 13.6. The number of carbonyl (C=O) groups is 1. The van der Waals surface area contributed by atoms with E-state index in [4.69, 9.17) is 0 Å². The van der Waals surface area contributed by atoms with Gasteiger partial charge in [-0.15, -0.1) is 0 Å². The Bertz CT molecular complexity index is 806. The first-order chi connectivity index (χ1) is 9.66. The van der Waals surface area contributed by atoms with Crippen LogP contribution in [0.1, 0.15) is 17.3 Å². The topological polar surface area (TPSA) is 30.0 Å². The molecule has 3 heteroatoms. The maximum Gasteiger partial charge on any atom is 0.160 e. The zero-order chi connectivity index (χ0) is 14.1. The molecule has 1 aromatic heterocycles. The zero-order valence-corrected chi connectivity index (χ0v) is 10.9. The molecule has 1 heterocycles. The van der Waals surface area contributed by atoms with Gasteiger partial charge in [0.2, 0.25) is 0 Å². The molecule has 2 nitrogen and oxygen atoms in total. The average Bonchev–Trinajstić information content (AvgIpc) is 2.46. The van der Waals surface area contributed by atoms with Crippen molar-refractivity contribution in [2.75, 3.05) is 0 Å². The van der Waals surface area contributed by atoms with E-state index in [1.807, 2.05) is 30.3 Å². The molecule has 0 bridgehead atoms. The molecule has 0 unspecified atom stereocenters. The van der Waals surface area contributed by atoms with Crippen molar-refractivity contribution in [3.05, 3.63) is 66.1 Å². The highest BCUT2D eigenvalue weighted by atomic mass is 19.1. The third-order valence-corrected chi connectivity index (χ3v) is 3.28. The van der Waals surface area contributed by atoms with Crippen LogP contribution in [0.4, 0.5) is 4.39 Å².